The number of benzene rings is 1. The van der Waals surface area contributed by atoms with Crippen LogP contribution in [-0.2, 0) is 9.53 Å². The smallest absolute Gasteiger partial charge is 0.309 e. The van der Waals surface area contributed by atoms with Crippen LogP contribution in [-0.4, -0.2) is 19.2 Å². The number of esters is 1. The number of carbonyl (C=O) groups is 1. The first-order chi connectivity index (χ1) is 9.60. The highest BCUT2D eigenvalue weighted by atomic mass is 35.5. The fourth-order valence-electron chi connectivity index (χ4n) is 2.37. The van der Waals surface area contributed by atoms with Crippen molar-refractivity contribution in [1.82, 2.24) is 0 Å². The zero-order chi connectivity index (χ0) is 14.3. The third kappa shape index (κ3) is 2.68. The van der Waals surface area contributed by atoms with E-state index in [0.717, 1.165) is 36.1 Å². The first-order valence-corrected chi connectivity index (χ1v) is 7.21. The lowest BCUT2D eigenvalue weighted by Gasteiger charge is -2.10. The molecular weight excluding hydrogens is 276 g/mol. The Bertz CT molecular complexity index is 563. The Balaban J connectivity index is 1.69. The van der Waals surface area contributed by atoms with Gasteiger partial charge in [0.15, 0.2) is 0 Å². The molecule has 2 saturated carbocycles. The maximum Gasteiger partial charge on any atom is 0.309 e. The van der Waals surface area contributed by atoms with Crippen molar-refractivity contribution in [1.29, 1.82) is 0 Å². The van der Waals surface area contributed by atoms with Gasteiger partial charge in [0.05, 0.1) is 24.2 Å². The third-order valence-electron chi connectivity index (χ3n) is 3.86. The number of methoxy groups -OCH3 is 1. The second-order valence-corrected chi connectivity index (χ2v) is 5.87. The summed E-state index contributed by atoms with van der Waals surface area (Å²) in [5.74, 6) is 0.698. The summed E-state index contributed by atoms with van der Waals surface area (Å²) in [6.07, 6.45) is 3.35. The molecular formula is C16H17ClO3. The molecule has 106 valence electrons. The number of ether oxygens (including phenoxy) is 2. The molecule has 0 amide bonds. The number of carbonyl (C=O) groups excluding carboxylic acids is 1. The molecule has 0 radical (unpaired) electrons. The van der Waals surface area contributed by atoms with Crippen molar-refractivity contribution in [2.45, 2.75) is 25.4 Å². The van der Waals surface area contributed by atoms with Crippen LogP contribution in [0.2, 0.25) is 5.02 Å². The molecule has 0 bridgehead atoms. The van der Waals surface area contributed by atoms with Gasteiger partial charge in [0.25, 0.3) is 0 Å². The maximum absolute atomic E-state index is 11.5. The van der Waals surface area contributed by atoms with Crippen LogP contribution >= 0.6 is 11.6 Å². The monoisotopic (exact) mass is 292 g/mol. The summed E-state index contributed by atoms with van der Waals surface area (Å²) >= 11 is 6.24. The minimum Gasteiger partial charge on any atom is -0.489 e. The predicted molar refractivity (Wildman–Crippen MR) is 77.7 cm³/mol. The number of allylic oxidation sites excluding steroid dienone is 1. The standard InChI is InChI=1S/C16H17ClO3/c1-9(12-8-13(12)16(18)19-2)10-3-6-15(14(17)7-10)20-11-4-5-11/h3,6-7,11-13H,1,4-5,8H2,2H3/t12-,13+/m1/s1. The quantitative estimate of drug-likeness (QED) is 0.776. The Kier molecular flexibility index (Phi) is 3.47. The zero-order valence-electron chi connectivity index (χ0n) is 11.4. The summed E-state index contributed by atoms with van der Waals surface area (Å²) in [5, 5.41) is 0.603. The van der Waals surface area contributed by atoms with Crippen LogP contribution in [0.3, 0.4) is 0 Å². The summed E-state index contributed by atoms with van der Waals surface area (Å²) in [6.45, 7) is 4.09. The Morgan fingerprint density at radius 1 is 1.35 bits per heavy atom. The van der Waals surface area contributed by atoms with Gasteiger partial charge in [-0.2, -0.15) is 0 Å². The molecule has 4 heteroatoms. The minimum atomic E-state index is -0.157. The number of hydrogen-bond donors (Lipinski definition) is 0. The first kappa shape index (κ1) is 13.5. The van der Waals surface area contributed by atoms with E-state index < -0.39 is 0 Å². The Hall–Kier alpha value is -1.48. The van der Waals surface area contributed by atoms with Gasteiger partial charge >= 0.3 is 5.97 Å². The third-order valence-corrected chi connectivity index (χ3v) is 4.16. The van der Waals surface area contributed by atoms with Crippen LogP contribution < -0.4 is 4.74 Å². The van der Waals surface area contributed by atoms with Gasteiger partial charge in [-0.3, -0.25) is 4.79 Å². The minimum absolute atomic E-state index is 0.0475. The summed E-state index contributed by atoms with van der Waals surface area (Å²) in [5.41, 5.74) is 1.91. The molecule has 2 fully saturated rings. The Morgan fingerprint density at radius 3 is 2.70 bits per heavy atom. The fraction of sp³-hybridized carbons (Fsp3) is 0.438. The maximum atomic E-state index is 11.5. The lowest BCUT2D eigenvalue weighted by atomic mass is 10.0. The second kappa shape index (κ2) is 5.13. The van der Waals surface area contributed by atoms with E-state index in [1.54, 1.807) is 0 Å². The second-order valence-electron chi connectivity index (χ2n) is 5.46. The first-order valence-electron chi connectivity index (χ1n) is 6.83. The molecule has 1 aromatic rings. The number of hydrogen-bond acceptors (Lipinski definition) is 3. The van der Waals surface area contributed by atoms with E-state index in [-0.39, 0.29) is 17.8 Å². The van der Waals surface area contributed by atoms with Crippen molar-refractivity contribution in [2.75, 3.05) is 7.11 Å². The molecule has 0 spiro atoms. The largest absolute Gasteiger partial charge is 0.489 e. The van der Waals surface area contributed by atoms with Crippen molar-refractivity contribution in [3.63, 3.8) is 0 Å². The van der Waals surface area contributed by atoms with E-state index in [0.29, 0.717) is 11.1 Å². The van der Waals surface area contributed by atoms with E-state index in [1.165, 1.54) is 7.11 Å². The van der Waals surface area contributed by atoms with Crippen LogP contribution in [0.1, 0.15) is 24.8 Å². The average molecular weight is 293 g/mol. The molecule has 0 aliphatic heterocycles. The normalized spacial score (nSPS) is 24.1. The molecule has 0 heterocycles. The van der Waals surface area contributed by atoms with Crippen molar-refractivity contribution in [3.8, 4) is 5.75 Å². The van der Waals surface area contributed by atoms with Gasteiger partial charge in [-0.15, -0.1) is 0 Å². The number of rotatable bonds is 5. The molecule has 0 aromatic heterocycles. The molecule has 0 saturated heterocycles. The van der Waals surface area contributed by atoms with Crippen molar-refractivity contribution in [3.05, 3.63) is 35.4 Å². The van der Waals surface area contributed by atoms with E-state index in [1.807, 2.05) is 18.2 Å². The average Bonchev–Trinajstić information content (AvgIpc) is 3.33. The fourth-order valence-corrected chi connectivity index (χ4v) is 2.59. The summed E-state index contributed by atoms with van der Waals surface area (Å²) in [7, 11) is 1.42. The van der Waals surface area contributed by atoms with Crippen molar-refractivity contribution >= 4 is 23.1 Å². The van der Waals surface area contributed by atoms with E-state index in [4.69, 9.17) is 21.1 Å². The molecule has 2 aliphatic carbocycles. The van der Waals surface area contributed by atoms with E-state index in [9.17, 15) is 4.79 Å². The van der Waals surface area contributed by atoms with Crippen LogP contribution in [0.5, 0.6) is 5.75 Å². The van der Waals surface area contributed by atoms with Crippen molar-refractivity contribution < 1.29 is 14.3 Å². The highest BCUT2D eigenvalue weighted by Gasteiger charge is 2.45. The van der Waals surface area contributed by atoms with Gasteiger partial charge in [-0.25, -0.2) is 0 Å². The van der Waals surface area contributed by atoms with Gasteiger partial charge in [-0.1, -0.05) is 24.2 Å². The van der Waals surface area contributed by atoms with Gasteiger partial charge < -0.3 is 9.47 Å². The van der Waals surface area contributed by atoms with Gasteiger partial charge in [0.1, 0.15) is 5.75 Å². The topological polar surface area (TPSA) is 35.5 Å². The van der Waals surface area contributed by atoms with Gasteiger partial charge in [-0.05, 0) is 48.4 Å². The predicted octanol–water partition coefficient (Wildman–Crippen LogP) is 3.70. The lowest BCUT2D eigenvalue weighted by Crippen LogP contribution is -2.05. The molecule has 20 heavy (non-hydrogen) atoms. The highest BCUT2D eigenvalue weighted by molar-refractivity contribution is 6.32. The highest BCUT2D eigenvalue weighted by Crippen LogP contribution is 2.48. The van der Waals surface area contributed by atoms with Crippen molar-refractivity contribution in [2.24, 2.45) is 11.8 Å². The van der Waals surface area contributed by atoms with E-state index >= 15 is 0 Å². The molecule has 2 aliphatic rings. The van der Waals surface area contributed by atoms with E-state index in [2.05, 4.69) is 6.58 Å². The molecule has 0 N–H and O–H groups in total. The Labute approximate surface area is 123 Å². The lowest BCUT2D eigenvalue weighted by molar-refractivity contribution is -0.142. The molecule has 3 nitrogen and oxygen atoms in total. The van der Waals surface area contributed by atoms with Crippen LogP contribution in [0.15, 0.2) is 24.8 Å². The van der Waals surface area contributed by atoms with Crippen LogP contribution in [0, 0.1) is 11.8 Å². The molecule has 0 unspecified atom stereocenters. The summed E-state index contributed by atoms with van der Waals surface area (Å²) < 4.78 is 10.5. The molecule has 3 rings (SSSR count). The summed E-state index contributed by atoms with van der Waals surface area (Å²) in [6, 6.07) is 5.71. The van der Waals surface area contributed by atoms with Crippen LogP contribution in [0.4, 0.5) is 0 Å². The SMILES string of the molecule is C=C(c1ccc(OC2CC2)c(Cl)c1)[C@H]1C[C@@H]1C(=O)OC. The van der Waals surface area contributed by atoms with Gasteiger partial charge in [0.2, 0.25) is 0 Å². The zero-order valence-corrected chi connectivity index (χ0v) is 12.2. The van der Waals surface area contributed by atoms with Crippen LogP contribution in [0.25, 0.3) is 5.57 Å². The molecule has 2 atom stereocenters. The molecule has 1 aromatic carbocycles. The number of halogens is 1. The Morgan fingerprint density at radius 2 is 2.10 bits per heavy atom. The summed E-state index contributed by atoms with van der Waals surface area (Å²) in [4.78, 5) is 11.5. The van der Waals surface area contributed by atoms with Gasteiger partial charge in [0, 0.05) is 0 Å².